The maximum atomic E-state index is 10.4. The van der Waals surface area contributed by atoms with E-state index in [2.05, 4.69) is 6.92 Å². The van der Waals surface area contributed by atoms with Crippen molar-refractivity contribution in [2.75, 3.05) is 26.4 Å². The molecule has 5 nitrogen and oxygen atoms in total. The van der Waals surface area contributed by atoms with Gasteiger partial charge < -0.3 is 19.3 Å². The van der Waals surface area contributed by atoms with Crippen LogP contribution >= 0.6 is 0 Å². The SMILES string of the molecule is CCCOCCC1C2CCC(O2)C1COCCCCC(=O)O. The van der Waals surface area contributed by atoms with Gasteiger partial charge in [-0.25, -0.2) is 0 Å². The molecule has 0 radical (unpaired) electrons. The quantitative estimate of drug-likeness (QED) is 0.561. The molecule has 0 aromatic rings. The molecule has 5 heteroatoms. The molecular formula is C17H30O5. The lowest BCUT2D eigenvalue weighted by molar-refractivity contribution is -0.137. The first kappa shape index (κ1) is 17.7. The molecule has 2 aliphatic heterocycles. The smallest absolute Gasteiger partial charge is 0.303 e. The third-order valence-electron chi connectivity index (χ3n) is 4.77. The van der Waals surface area contributed by atoms with E-state index in [9.17, 15) is 4.79 Å². The van der Waals surface area contributed by atoms with Gasteiger partial charge in [0.1, 0.15) is 0 Å². The monoisotopic (exact) mass is 314 g/mol. The fourth-order valence-electron chi connectivity index (χ4n) is 3.67. The fourth-order valence-corrected chi connectivity index (χ4v) is 3.67. The van der Waals surface area contributed by atoms with Crippen LogP contribution in [0.2, 0.25) is 0 Å². The van der Waals surface area contributed by atoms with Crippen LogP contribution in [0.25, 0.3) is 0 Å². The van der Waals surface area contributed by atoms with Crippen molar-refractivity contribution in [1.82, 2.24) is 0 Å². The van der Waals surface area contributed by atoms with Crippen LogP contribution in [-0.2, 0) is 19.0 Å². The summed E-state index contributed by atoms with van der Waals surface area (Å²) in [6.45, 7) is 5.18. The van der Waals surface area contributed by atoms with Crippen molar-refractivity contribution in [2.24, 2.45) is 11.8 Å². The number of hydrogen-bond donors (Lipinski definition) is 1. The second-order valence-electron chi connectivity index (χ2n) is 6.44. The highest BCUT2D eigenvalue weighted by Crippen LogP contribution is 2.45. The molecule has 22 heavy (non-hydrogen) atoms. The maximum Gasteiger partial charge on any atom is 0.303 e. The summed E-state index contributed by atoms with van der Waals surface area (Å²) in [5.74, 6) is 0.326. The summed E-state index contributed by atoms with van der Waals surface area (Å²) in [7, 11) is 0. The molecule has 4 atom stereocenters. The number of ether oxygens (including phenoxy) is 3. The summed E-state index contributed by atoms with van der Waals surface area (Å²) in [4.78, 5) is 10.4. The first-order chi connectivity index (χ1) is 10.7. The van der Waals surface area contributed by atoms with Gasteiger partial charge in [0.15, 0.2) is 0 Å². The van der Waals surface area contributed by atoms with E-state index >= 15 is 0 Å². The van der Waals surface area contributed by atoms with Crippen LogP contribution in [0.3, 0.4) is 0 Å². The first-order valence-corrected chi connectivity index (χ1v) is 8.75. The van der Waals surface area contributed by atoms with E-state index in [1.54, 1.807) is 0 Å². The standard InChI is InChI=1S/C17H30O5/c1-2-9-20-11-8-13-14(16-7-6-15(13)22-16)12-21-10-4-3-5-17(18)19/h13-16H,2-12H2,1H3,(H,18,19). The molecule has 0 amide bonds. The van der Waals surface area contributed by atoms with E-state index in [1.807, 2.05) is 0 Å². The molecule has 2 rings (SSSR count). The number of aliphatic carboxylic acids is 1. The lowest BCUT2D eigenvalue weighted by Crippen LogP contribution is -2.31. The third-order valence-corrected chi connectivity index (χ3v) is 4.77. The number of carboxylic acids is 1. The average Bonchev–Trinajstić information content (AvgIpc) is 3.08. The Bertz CT molecular complexity index is 333. The molecule has 2 heterocycles. The second-order valence-corrected chi connectivity index (χ2v) is 6.44. The van der Waals surface area contributed by atoms with E-state index in [0.29, 0.717) is 37.1 Å². The predicted molar refractivity (Wildman–Crippen MR) is 82.9 cm³/mol. The molecule has 0 saturated carbocycles. The summed E-state index contributed by atoms with van der Waals surface area (Å²) >= 11 is 0. The van der Waals surface area contributed by atoms with Crippen LogP contribution in [0, 0.1) is 11.8 Å². The van der Waals surface area contributed by atoms with E-state index < -0.39 is 5.97 Å². The van der Waals surface area contributed by atoms with Gasteiger partial charge in [-0.05, 0) is 44.4 Å². The van der Waals surface area contributed by atoms with Crippen LogP contribution in [0.15, 0.2) is 0 Å². The lowest BCUT2D eigenvalue weighted by atomic mass is 9.78. The molecule has 128 valence electrons. The number of unbranched alkanes of at least 4 members (excludes halogenated alkanes) is 1. The molecule has 2 saturated heterocycles. The van der Waals surface area contributed by atoms with Gasteiger partial charge in [-0.15, -0.1) is 0 Å². The minimum absolute atomic E-state index is 0.234. The molecule has 2 fully saturated rings. The van der Waals surface area contributed by atoms with Gasteiger partial charge >= 0.3 is 5.97 Å². The molecule has 1 N–H and O–H groups in total. The largest absolute Gasteiger partial charge is 0.481 e. The normalized spacial score (nSPS) is 30.0. The summed E-state index contributed by atoms with van der Waals surface area (Å²) < 4.78 is 17.5. The highest BCUT2D eigenvalue weighted by molar-refractivity contribution is 5.66. The van der Waals surface area contributed by atoms with Crippen molar-refractivity contribution in [2.45, 2.75) is 64.1 Å². The Kier molecular flexibility index (Phi) is 7.63. The first-order valence-electron chi connectivity index (χ1n) is 8.75. The molecule has 4 unspecified atom stereocenters. The minimum Gasteiger partial charge on any atom is -0.481 e. The molecule has 0 spiro atoms. The summed E-state index contributed by atoms with van der Waals surface area (Å²) in [5, 5.41) is 8.60. The summed E-state index contributed by atoms with van der Waals surface area (Å²) in [6.07, 6.45) is 6.97. The third kappa shape index (κ3) is 5.21. The van der Waals surface area contributed by atoms with Gasteiger partial charge in [-0.3, -0.25) is 4.79 Å². The second kappa shape index (κ2) is 9.48. The lowest BCUT2D eigenvalue weighted by Gasteiger charge is -2.27. The predicted octanol–water partition coefficient (Wildman–Crippen LogP) is 2.87. The Balaban J connectivity index is 1.63. The Hall–Kier alpha value is -0.650. The van der Waals surface area contributed by atoms with Crippen LogP contribution in [0.1, 0.15) is 51.9 Å². The van der Waals surface area contributed by atoms with Crippen molar-refractivity contribution in [1.29, 1.82) is 0 Å². The van der Waals surface area contributed by atoms with Crippen LogP contribution in [0.5, 0.6) is 0 Å². The van der Waals surface area contributed by atoms with Crippen LogP contribution < -0.4 is 0 Å². The van der Waals surface area contributed by atoms with Gasteiger partial charge in [-0.1, -0.05) is 6.92 Å². The number of rotatable bonds is 12. The van der Waals surface area contributed by atoms with E-state index in [-0.39, 0.29) is 6.42 Å². The zero-order chi connectivity index (χ0) is 15.8. The molecule has 0 aliphatic carbocycles. The Labute approximate surface area is 133 Å². The summed E-state index contributed by atoms with van der Waals surface area (Å²) in [5.41, 5.74) is 0. The van der Waals surface area contributed by atoms with Crippen molar-refractivity contribution in [3.05, 3.63) is 0 Å². The average molecular weight is 314 g/mol. The van der Waals surface area contributed by atoms with Gasteiger partial charge in [0.05, 0.1) is 18.8 Å². The Morgan fingerprint density at radius 3 is 2.59 bits per heavy atom. The molecule has 0 aromatic carbocycles. The zero-order valence-corrected chi connectivity index (χ0v) is 13.7. The molecule has 0 aromatic heterocycles. The fraction of sp³-hybridized carbons (Fsp3) is 0.941. The minimum atomic E-state index is -0.728. The van der Waals surface area contributed by atoms with E-state index in [0.717, 1.165) is 45.5 Å². The Morgan fingerprint density at radius 2 is 1.86 bits per heavy atom. The van der Waals surface area contributed by atoms with Gasteiger partial charge in [0.2, 0.25) is 0 Å². The Morgan fingerprint density at radius 1 is 1.09 bits per heavy atom. The van der Waals surface area contributed by atoms with Gasteiger partial charge in [0, 0.05) is 32.2 Å². The highest BCUT2D eigenvalue weighted by atomic mass is 16.5. The number of carbonyl (C=O) groups is 1. The van der Waals surface area contributed by atoms with Gasteiger partial charge in [0.25, 0.3) is 0 Å². The summed E-state index contributed by atoms with van der Waals surface area (Å²) in [6, 6.07) is 0. The number of hydrogen-bond acceptors (Lipinski definition) is 4. The highest BCUT2D eigenvalue weighted by Gasteiger charge is 2.48. The zero-order valence-electron chi connectivity index (χ0n) is 13.7. The number of carboxylic acid groups (broad SMARTS) is 1. The van der Waals surface area contributed by atoms with E-state index in [4.69, 9.17) is 19.3 Å². The maximum absolute atomic E-state index is 10.4. The van der Waals surface area contributed by atoms with Crippen LogP contribution in [0.4, 0.5) is 0 Å². The molecular weight excluding hydrogens is 284 g/mol. The van der Waals surface area contributed by atoms with Crippen molar-refractivity contribution >= 4 is 5.97 Å². The van der Waals surface area contributed by atoms with Crippen molar-refractivity contribution in [3.63, 3.8) is 0 Å². The van der Waals surface area contributed by atoms with Crippen LogP contribution in [-0.4, -0.2) is 49.7 Å². The topological polar surface area (TPSA) is 65.0 Å². The number of fused-ring (bicyclic) bond motifs is 2. The van der Waals surface area contributed by atoms with Crippen molar-refractivity contribution < 1.29 is 24.1 Å². The van der Waals surface area contributed by atoms with E-state index in [1.165, 1.54) is 6.42 Å². The van der Waals surface area contributed by atoms with Gasteiger partial charge in [-0.2, -0.15) is 0 Å². The molecule has 2 aliphatic rings. The molecule has 2 bridgehead atoms. The van der Waals surface area contributed by atoms with Crippen molar-refractivity contribution in [3.8, 4) is 0 Å².